The minimum absolute atomic E-state index is 0.0431. The SMILES string of the molecule is COC(=O)[C@@H](NC(=O)OCc1ccccc1)[C@H](C)n1cc(-c2ccc([N+](=O)[O-])cc2)nn1. The van der Waals surface area contributed by atoms with E-state index in [4.69, 9.17) is 9.47 Å². The number of esters is 1. The Morgan fingerprint density at radius 3 is 2.47 bits per heavy atom. The molecule has 2 aromatic carbocycles. The number of nitro groups is 1. The Bertz CT molecular complexity index is 1080. The lowest BCUT2D eigenvalue weighted by Crippen LogP contribution is -2.46. The zero-order chi connectivity index (χ0) is 23.1. The molecule has 0 aliphatic rings. The number of non-ortho nitro benzene ring substituents is 1. The Morgan fingerprint density at radius 2 is 1.84 bits per heavy atom. The summed E-state index contributed by atoms with van der Waals surface area (Å²) in [7, 11) is 1.21. The number of rotatable bonds is 8. The van der Waals surface area contributed by atoms with Gasteiger partial charge in [0.25, 0.3) is 5.69 Å². The Balaban J connectivity index is 1.70. The summed E-state index contributed by atoms with van der Waals surface area (Å²) >= 11 is 0. The summed E-state index contributed by atoms with van der Waals surface area (Å²) in [6.45, 7) is 1.70. The molecule has 0 aliphatic heterocycles. The number of carbonyl (C=O) groups is 2. The standard InChI is InChI=1S/C21H21N5O6/c1-14(25-12-18(23-24-25)16-8-10-17(11-9-16)26(29)30)19(20(27)31-2)22-21(28)32-13-15-6-4-3-5-7-15/h3-12,14,19H,13H2,1-2H3,(H,22,28)/t14-,19-/m0/s1. The summed E-state index contributed by atoms with van der Waals surface area (Å²) < 4.78 is 11.4. The Morgan fingerprint density at radius 1 is 1.16 bits per heavy atom. The molecule has 2 atom stereocenters. The molecule has 1 N–H and O–H groups in total. The number of carbonyl (C=O) groups excluding carboxylic acids is 2. The quantitative estimate of drug-likeness (QED) is 0.321. The number of alkyl carbamates (subject to hydrolysis) is 1. The highest BCUT2D eigenvalue weighted by Gasteiger charge is 2.30. The van der Waals surface area contributed by atoms with Crippen LogP contribution in [0.2, 0.25) is 0 Å². The van der Waals surface area contributed by atoms with E-state index in [-0.39, 0.29) is 12.3 Å². The van der Waals surface area contributed by atoms with Crippen LogP contribution in [0.5, 0.6) is 0 Å². The lowest BCUT2D eigenvalue weighted by molar-refractivity contribution is -0.384. The second-order valence-electron chi connectivity index (χ2n) is 6.84. The van der Waals surface area contributed by atoms with Gasteiger partial charge in [-0.05, 0) is 24.6 Å². The van der Waals surface area contributed by atoms with Crippen molar-refractivity contribution in [3.63, 3.8) is 0 Å². The molecule has 0 bridgehead atoms. The lowest BCUT2D eigenvalue weighted by Gasteiger charge is -2.22. The maximum absolute atomic E-state index is 12.3. The Kier molecular flexibility index (Phi) is 7.11. The fourth-order valence-electron chi connectivity index (χ4n) is 2.91. The predicted octanol–water partition coefficient (Wildman–Crippen LogP) is 2.88. The first-order valence-corrected chi connectivity index (χ1v) is 9.60. The molecule has 1 amide bonds. The van der Waals surface area contributed by atoms with Gasteiger partial charge in [0.15, 0.2) is 6.04 Å². The number of nitrogens with one attached hydrogen (secondary N) is 1. The third kappa shape index (κ3) is 5.45. The van der Waals surface area contributed by atoms with Crippen LogP contribution in [-0.2, 0) is 20.9 Å². The van der Waals surface area contributed by atoms with Crippen LogP contribution in [0.3, 0.4) is 0 Å². The first-order valence-electron chi connectivity index (χ1n) is 9.60. The minimum Gasteiger partial charge on any atom is -0.467 e. The van der Waals surface area contributed by atoms with Gasteiger partial charge in [0.1, 0.15) is 12.3 Å². The minimum atomic E-state index is -1.09. The molecule has 0 fully saturated rings. The molecule has 166 valence electrons. The molecule has 0 saturated carbocycles. The normalized spacial score (nSPS) is 12.4. The van der Waals surface area contributed by atoms with E-state index in [1.54, 1.807) is 25.3 Å². The molecule has 1 aromatic heterocycles. The van der Waals surface area contributed by atoms with Gasteiger partial charge in [-0.2, -0.15) is 0 Å². The first kappa shape index (κ1) is 22.4. The van der Waals surface area contributed by atoms with Crippen molar-refractivity contribution in [1.29, 1.82) is 0 Å². The van der Waals surface area contributed by atoms with Gasteiger partial charge in [-0.1, -0.05) is 35.5 Å². The van der Waals surface area contributed by atoms with Crippen LogP contribution < -0.4 is 5.32 Å². The summed E-state index contributed by atoms with van der Waals surface area (Å²) in [5, 5.41) is 21.4. The molecular formula is C21H21N5O6. The molecule has 0 unspecified atom stereocenters. The van der Waals surface area contributed by atoms with Crippen LogP contribution in [0.4, 0.5) is 10.5 Å². The lowest BCUT2D eigenvalue weighted by atomic mass is 10.1. The van der Waals surface area contributed by atoms with Gasteiger partial charge in [0.2, 0.25) is 0 Å². The van der Waals surface area contributed by atoms with E-state index in [0.29, 0.717) is 11.3 Å². The first-order chi connectivity index (χ1) is 15.4. The topological polar surface area (TPSA) is 138 Å². The summed E-state index contributed by atoms with van der Waals surface area (Å²) in [5.74, 6) is -0.679. The third-order valence-corrected chi connectivity index (χ3v) is 4.73. The van der Waals surface area contributed by atoms with Gasteiger partial charge >= 0.3 is 12.1 Å². The third-order valence-electron chi connectivity index (χ3n) is 4.73. The number of ether oxygens (including phenoxy) is 2. The molecule has 3 rings (SSSR count). The molecule has 0 spiro atoms. The summed E-state index contributed by atoms with van der Waals surface area (Å²) in [5.41, 5.74) is 1.81. The van der Waals surface area contributed by atoms with E-state index >= 15 is 0 Å². The van der Waals surface area contributed by atoms with E-state index in [9.17, 15) is 19.7 Å². The molecular weight excluding hydrogens is 418 g/mol. The van der Waals surface area contributed by atoms with Gasteiger partial charge in [-0.15, -0.1) is 5.10 Å². The van der Waals surface area contributed by atoms with Crippen LogP contribution in [0, 0.1) is 10.1 Å². The molecule has 1 heterocycles. The summed E-state index contributed by atoms with van der Waals surface area (Å²) in [6.07, 6.45) is 0.783. The molecule has 32 heavy (non-hydrogen) atoms. The van der Waals surface area contributed by atoms with Crippen LogP contribution >= 0.6 is 0 Å². The smallest absolute Gasteiger partial charge is 0.408 e. The van der Waals surface area contributed by atoms with Crippen LogP contribution in [0.25, 0.3) is 11.3 Å². The Labute approximate surface area is 183 Å². The van der Waals surface area contributed by atoms with Crippen LogP contribution in [0.1, 0.15) is 18.5 Å². The molecule has 0 radical (unpaired) electrons. The molecule has 0 aliphatic carbocycles. The van der Waals surface area contributed by atoms with E-state index in [1.807, 2.05) is 30.3 Å². The Hall–Kier alpha value is -4.28. The molecule has 3 aromatic rings. The number of nitrogens with zero attached hydrogens (tertiary/aromatic N) is 4. The van der Waals surface area contributed by atoms with Crippen molar-refractivity contribution in [2.75, 3.05) is 7.11 Å². The second kappa shape index (κ2) is 10.2. The number of nitro benzene ring substituents is 1. The van der Waals surface area contributed by atoms with Gasteiger partial charge in [-0.3, -0.25) is 10.1 Å². The van der Waals surface area contributed by atoms with Crippen molar-refractivity contribution in [2.24, 2.45) is 0 Å². The van der Waals surface area contributed by atoms with Crippen molar-refractivity contribution < 1.29 is 24.0 Å². The fraction of sp³-hybridized carbons (Fsp3) is 0.238. The summed E-state index contributed by atoms with van der Waals surface area (Å²) in [4.78, 5) is 34.9. The van der Waals surface area contributed by atoms with Crippen molar-refractivity contribution >= 4 is 17.7 Å². The van der Waals surface area contributed by atoms with E-state index in [1.165, 1.54) is 23.9 Å². The second-order valence-corrected chi connectivity index (χ2v) is 6.84. The van der Waals surface area contributed by atoms with Gasteiger partial charge in [0, 0.05) is 17.7 Å². The van der Waals surface area contributed by atoms with Gasteiger partial charge in [-0.25, -0.2) is 14.3 Å². The molecule has 11 nitrogen and oxygen atoms in total. The zero-order valence-electron chi connectivity index (χ0n) is 17.4. The van der Waals surface area contributed by atoms with E-state index in [2.05, 4.69) is 15.6 Å². The van der Waals surface area contributed by atoms with Gasteiger partial charge < -0.3 is 14.8 Å². The van der Waals surface area contributed by atoms with Crippen molar-refractivity contribution in [3.8, 4) is 11.3 Å². The van der Waals surface area contributed by atoms with Crippen LogP contribution in [-0.4, -0.2) is 45.1 Å². The number of hydrogen-bond acceptors (Lipinski definition) is 8. The molecule has 11 heteroatoms. The number of benzene rings is 2. The van der Waals surface area contributed by atoms with E-state index < -0.39 is 29.1 Å². The largest absolute Gasteiger partial charge is 0.467 e. The van der Waals surface area contributed by atoms with Crippen molar-refractivity contribution in [3.05, 3.63) is 76.5 Å². The predicted molar refractivity (Wildman–Crippen MR) is 112 cm³/mol. The maximum atomic E-state index is 12.3. The van der Waals surface area contributed by atoms with Crippen molar-refractivity contribution in [2.45, 2.75) is 25.6 Å². The number of amides is 1. The highest BCUT2D eigenvalue weighted by molar-refractivity contribution is 5.81. The average molecular weight is 439 g/mol. The van der Waals surface area contributed by atoms with Gasteiger partial charge in [0.05, 0.1) is 24.3 Å². The highest BCUT2D eigenvalue weighted by atomic mass is 16.6. The monoisotopic (exact) mass is 439 g/mol. The van der Waals surface area contributed by atoms with Crippen molar-refractivity contribution in [1.82, 2.24) is 20.3 Å². The molecule has 0 saturated heterocycles. The average Bonchev–Trinajstić information content (AvgIpc) is 3.31. The fourth-order valence-corrected chi connectivity index (χ4v) is 2.91. The zero-order valence-corrected chi connectivity index (χ0v) is 17.4. The van der Waals surface area contributed by atoms with E-state index in [0.717, 1.165) is 5.56 Å². The number of aromatic nitrogens is 3. The summed E-state index contributed by atoms with van der Waals surface area (Å²) in [6, 6.07) is 13.2. The highest BCUT2D eigenvalue weighted by Crippen LogP contribution is 2.22. The van der Waals surface area contributed by atoms with Crippen LogP contribution in [0.15, 0.2) is 60.8 Å². The number of methoxy groups -OCH3 is 1. The number of hydrogen-bond donors (Lipinski definition) is 1. The maximum Gasteiger partial charge on any atom is 0.408 e.